The molecule has 2 aromatic rings. The summed E-state index contributed by atoms with van der Waals surface area (Å²) in [5.41, 5.74) is 8.27. The minimum atomic E-state index is -0.615. The van der Waals surface area contributed by atoms with Crippen LogP contribution in [0.4, 0.5) is 10.1 Å². The lowest BCUT2D eigenvalue weighted by Gasteiger charge is -2.10. The number of hydrogen-bond acceptors (Lipinski definition) is 3. The van der Waals surface area contributed by atoms with Crippen molar-refractivity contribution in [3.05, 3.63) is 58.9 Å². The number of nitrogen functional groups attached to an aromatic ring is 1. The Labute approximate surface area is 122 Å². The third-order valence-corrected chi connectivity index (χ3v) is 3.35. The first-order chi connectivity index (χ1) is 10.0. The molecule has 0 aromatic heterocycles. The van der Waals surface area contributed by atoms with Crippen LogP contribution in [0.1, 0.15) is 21.5 Å². The summed E-state index contributed by atoms with van der Waals surface area (Å²) >= 11 is 0. The van der Waals surface area contributed by atoms with E-state index in [4.69, 9.17) is 10.5 Å². The average molecular weight is 288 g/mol. The normalized spacial score (nSPS) is 10.2. The van der Waals surface area contributed by atoms with Gasteiger partial charge < -0.3 is 15.8 Å². The van der Waals surface area contributed by atoms with Crippen LogP contribution in [-0.2, 0) is 6.54 Å². The summed E-state index contributed by atoms with van der Waals surface area (Å²) in [6.07, 6.45) is 0. The summed E-state index contributed by atoms with van der Waals surface area (Å²) in [6, 6.07) is 9.61. The number of ether oxygens (including phenoxy) is 1. The zero-order chi connectivity index (χ0) is 15.4. The minimum Gasteiger partial charge on any atom is -0.497 e. The van der Waals surface area contributed by atoms with E-state index in [1.54, 1.807) is 12.1 Å². The molecule has 2 rings (SSSR count). The monoisotopic (exact) mass is 288 g/mol. The summed E-state index contributed by atoms with van der Waals surface area (Å²) in [5.74, 6) is -0.719. The van der Waals surface area contributed by atoms with Crippen molar-refractivity contribution in [1.82, 2.24) is 5.32 Å². The lowest BCUT2D eigenvalue weighted by Crippen LogP contribution is -2.24. The number of hydrogen-bond donors (Lipinski definition) is 2. The van der Waals surface area contributed by atoms with Gasteiger partial charge in [-0.15, -0.1) is 0 Å². The number of benzene rings is 2. The fourth-order valence-electron chi connectivity index (χ4n) is 1.97. The third kappa shape index (κ3) is 3.31. The highest BCUT2D eigenvalue weighted by Gasteiger charge is 2.12. The second-order valence-corrected chi connectivity index (χ2v) is 4.66. The van der Waals surface area contributed by atoms with Crippen molar-refractivity contribution in [2.45, 2.75) is 13.5 Å². The number of halogens is 1. The molecule has 5 heteroatoms. The van der Waals surface area contributed by atoms with Crippen LogP contribution in [0.25, 0.3) is 0 Å². The van der Waals surface area contributed by atoms with Crippen molar-refractivity contribution in [1.29, 1.82) is 0 Å². The summed E-state index contributed by atoms with van der Waals surface area (Å²) in [5, 5.41) is 2.69. The van der Waals surface area contributed by atoms with Gasteiger partial charge in [0.1, 0.15) is 11.6 Å². The Kier molecular flexibility index (Phi) is 4.42. The molecular formula is C16H17FN2O2. The number of nitrogens with one attached hydrogen (secondary N) is 1. The molecule has 0 radical (unpaired) electrons. The maximum atomic E-state index is 13.8. The number of rotatable bonds is 4. The summed E-state index contributed by atoms with van der Waals surface area (Å²) in [7, 11) is 1.44. The number of methoxy groups -OCH3 is 1. The molecule has 0 unspecified atom stereocenters. The first kappa shape index (κ1) is 14.8. The van der Waals surface area contributed by atoms with Crippen LogP contribution in [0.2, 0.25) is 0 Å². The van der Waals surface area contributed by atoms with Crippen molar-refractivity contribution < 1.29 is 13.9 Å². The summed E-state index contributed by atoms with van der Waals surface area (Å²) < 4.78 is 18.7. The molecule has 0 heterocycles. The minimum absolute atomic E-state index is 0.0163. The van der Waals surface area contributed by atoms with Crippen LogP contribution in [-0.4, -0.2) is 13.0 Å². The SMILES string of the molecule is COc1ccc(C(=O)NCc2cccc(N)c2C)c(F)c1. The Bertz CT molecular complexity index is 671. The Hall–Kier alpha value is -2.56. The van der Waals surface area contributed by atoms with E-state index in [-0.39, 0.29) is 5.56 Å². The molecule has 0 saturated heterocycles. The molecule has 0 atom stereocenters. The molecular weight excluding hydrogens is 271 g/mol. The van der Waals surface area contributed by atoms with Gasteiger partial charge in [-0.2, -0.15) is 0 Å². The van der Waals surface area contributed by atoms with E-state index in [1.807, 2.05) is 19.1 Å². The van der Waals surface area contributed by atoms with Gasteiger partial charge >= 0.3 is 0 Å². The molecule has 0 aliphatic rings. The molecule has 2 aromatic carbocycles. The molecule has 1 amide bonds. The van der Waals surface area contributed by atoms with Gasteiger partial charge in [-0.05, 0) is 36.2 Å². The average Bonchev–Trinajstić information content (AvgIpc) is 2.48. The number of carbonyl (C=O) groups excluding carboxylic acids is 1. The maximum Gasteiger partial charge on any atom is 0.254 e. The molecule has 0 aliphatic heterocycles. The highest BCUT2D eigenvalue weighted by Crippen LogP contribution is 2.17. The van der Waals surface area contributed by atoms with Crippen LogP contribution in [0, 0.1) is 12.7 Å². The van der Waals surface area contributed by atoms with Gasteiger partial charge in [0.05, 0.1) is 12.7 Å². The van der Waals surface area contributed by atoms with Crippen molar-refractivity contribution >= 4 is 11.6 Å². The first-order valence-corrected chi connectivity index (χ1v) is 6.48. The Morgan fingerprint density at radius 1 is 1.33 bits per heavy atom. The van der Waals surface area contributed by atoms with E-state index in [2.05, 4.69) is 5.32 Å². The van der Waals surface area contributed by atoms with E-state index in [0.717, 1.165) is 11.1 Å². The van der Waals surface area contributed by atoms with E-state index in [0.29, 0.717) is 18.0 Å². The lowest BCUT2D eigenvalue weighted by atomic mass is 10.1. The van der Waals surface area contributed by atoms with Crippen molar-refractivity contribution in [2.24, 2.45) is 0 Å². The molecule has 0 aliphatic carbocycles. The fraction of sp³-hybridized carbons (Fsp3) is 0.188. The second-order valence-electron chi connectivity index (χ2n) is 4.66. The number of carbonyl (C=O) groups is 1. The predicted octanol–water partition coefficient (Wildman–Crippen LogP) is 2.65. The van der Waals surface area contributed by atoms with Crippen LogP contribution < -0.4 is 15.8 Å². The highest BCUT2D eigenvalue weighted by molar-refractivity contribution is 5.94. The zero-order valence-electron chi connectivity index (χ0n) is 11.9. The van der Waals surface area contributed by atoms with Crippen molar-refractivity contribution in [2.75, 3.05) is 12.8 Å². The zero-order valence-corrected chi connectivity index (χ0v) is 11.9. The summed E-state index contributed by atoms with van der Waals surface area (Å²) in [4.78, 5) is 12.0. The van der Waals surface area contributed by atoms with Gasteiger partial charge in [-0.3, -0.25) is 4.79 Å². The van der Waals surface area contributed by atoms with Crippen LogP contribution in [0.3, 0.4) is 0 Å². The van der Waals surface area contributed by atoms with E-state index in [1.165, 1.54) is 19.2 Å². The molecule has 0 spiro atoms. The van der Waals surface area contributed by atoms with Gasteiger partial charge in [0.2, 0.25) is 0 Å². The van der Waals surface area contributed by atoms with Gasteiger partial charge in [-0.1, -0.05) is 12.1 Å². The standard InChI is InChI=1S/C16H17FN2O2/c1-10-11(4-3-5-15(10)18)9-19-16(20)13-7-6-12(21-2)8-14(13)17/h3-8H,9,18H2,1-2H3,(H,19,20). The van der Waals surface area contributed by atoms with E-state index >= 15 is 0 Å². The number of nitrogens with two attached hydrogens (primary N) is 1. The van der Waals surface area contributed by atoms with E-state index < -0.39 is 11.7 Å². The van der Waals surface area contributed by atoms with Crippen molar-refractivity contribution in [3.8, 4) is 5.75 Å². The van der Waals surface area contributed by atoms with E-state index in [9.17, 15) is 9.18 Å². The Morgan fingerprint density at radius 3 is 2.76 bits per heavy atom. The lowest BCUT2D eigenvalue weighted by molar-refractivity contribution is 0.0947. The largest absolute Gasteiger partial charge is 0.497 e. The van der Waals surface area contributed by atoms with Crippen molar-refractivity contribution in [3.63, 3.8) is 0 Å². The molecule has 4 nitrogen and oxygen atoms in total. The third-order valence-electron chi connectivity index (χ3n) is 3.35. The topological polar surface area (TPSA) is 64.3 Å². The molecule has 21 heavy (non-hydrogen) atoms. The Morgan fingerprint density at radius 2 is 2.10 bits per heavy atom. The smallest absolute Gasteiger partial charge is 0.254 e. The molecule has 110 valence electrons. The quantitative estimate of drug-likeness (QED) is 0.850. The highest BCUT2D eigenvalue weighted by atomic mass is 19.1. The number of amides is 1. The van der Waals surface area contributed by atoms with Gasteiger partial charge in [0.15, 0.2) is 0 Å². The van der Waals surface area contributed by atoms with Crippen LogP contribution in [0.5, 0.6) is 5.75 Å². The predicted molar refractivity (Wildman–Crippen MR) is 79.7 cm³/mol. The van der Waals surface area contributed by atoms with Crippen LogP contribution in [0.15, 0.2) is 36.4 Å². The molecule has 0 fully saturated rings. The van der Waals surface area contributed by atoms with Gasteiger partial charge in [0, 0.05) is 18.3 Å². The van der Waals surface area contributed by atoms with Gasteiger partial charge in [0.25, 0.3) is 5.91 Å². The second kappa shape index (κ2) is 6.26. The maximum absolute atomic E-state index is 13.8. The first-order valence-electron chi connectivity index (χ1n) is 6.48. The van der Waals surface area contributed by atoms with Crippen LogP contribution >= 0.6 is 0 Å². The fourth-order valence-corrected chi connectivity index (χ4v) is 1.97. The molecule has 3 N–H and O–H groups in total. The molecule has 0 bridgehead atoms. The Balaban J connectivity index is 2.10. The number of anilines is 1. The summed E-state index contributed by atoms with van der Waals surface area (Å²) in [6.45, 7) is 2.17. The molecule has 0 saturated carbocycles. The van der Waals surface area contributed by atoms with Gasteiger partial charge in [-0.25, -0.2) is 4.39 Å².